The lowest BCUT2D eigenvalue weighted by Crippen LogP contribution is -2.33. The number of phenols is 1. The molecule has 0 aliphatic carbocycles. The van der Waals surface area contributed by atoms with Crippen molar-refractivity contribution in [1.82, 2.24) is 5.01 Å². The molecule has 0 saturated carbocycles. The number of hydrogen-bond acceptors (Lipinski definition) is 4. The number of aromatic hydroxyl groups is 1. The Morgan fingerprint density at radius 3 is 2.64 bits per heavy atom. The smallest absolute Gasteiger partial charge is 0.217 e. The summed E-state index contributed by atoms with van der Waals surface area (Å²) in [7, 11) is 0. The van der Waals surface area contributed by atoms with Crippen LogP contribution in [0.2, 0.25) is 5.02 Å². The summed E-state index contributed by atoms with van der Waals surface area (Å²) in [5.74, 6) is 0.958. The second kappa shape index (κ2) is 6.57. The number of hydrogen-bond donors (Lipinski definition) is 1. The van der Waals surface area contributed by atoms with Gasteiger partial charge in [-0.15, -0.1) is 0 Å². The summed E-state index contributed by atoms with van der Waals surface area (Å²) >= 11 is 6.20. The minimum absolute atomic E-state index is 0.0460. The zero-order chi connectivity index (χ0) is 19.3. The molecule has 0 amide bonds. The second-order valence-electron chi connectivity index (χ2n) is 7.22. The first kappa shape index (κ1) is 17.1. The van der Waals surface area contributed by atoms with Gasteiger partial charge < -0.3 is 9.84 Å². The molecule has 0 spiro atoms. The molecule has 2 aliphatic rings. The number of para-hydroxylation sites is 1. The molecule has 4 nitrogen and oxygen atoms in total. The van der Waals surface area contributed by atoms with E-state index in [1.807, 2.05) is 23.2 Å². The molecule has 3 aromatic carbocycles. The summed E-state index contributed by atoms with van der Waals surface area (Å²) in [6.45, 7) is 2.07. The molecular formula is C23H19ClN2O2. The van der Waals surface area contributed by atoms with Crippen molar-refractivity contribution in [2.75, 3.05) is 0 Å². The standard InChI is InChI=1S/C23H19ClN2O2/c1-14-6-8-15(9-7-14)19-13-20-17-4-2-3-5-22(17)28-23(26(20)25-19)18-12-16(24)10-11-21(18)27/h2-12,20,23,27H,13H2,1H3. The maximum Gasteiger partial charge on any atom is 0.217 e. The SMILES string of the molecule is Cc1ccc(C2=NN3C(C2)c2ccccc2OC3c2cc(Cl)ccc2O)cc1. The van der Waals surface area contributed by atoms with Crippen LogP contribution in [0.15, 0.2) is 71.8 Å². The summed E-state index contributed by atoms with van der Waals surface area (Å²) < 4.78 is 6.27. The summed E-state index contributed by atoms with van der Waals surface area (Å²) in [4.78, 5) is 0. The molecule has 5 heteroatoms. The van der Waals surface area contributed by atoms with E-state index in [-0.39, 0.29) is 11.8 Å². The number of fused-ring (bicyclic) bond motifs is 3. The Morgan fingerprint density at radius 2 is 1.82 bits per heavy atom. The zero-order valence-corrected chi connectivity index (χ0v) is 16.1. The number of nitrogens with zero attached hydrogens (tertiary/aromatic N) is 2. The quantitative estimate of drug-likeness (QED) is 0.619. The Hall–Kier alpha value is -2.98. The molecule has 1 N–H and O–H groups in total. The Morgan fingerprint density at radius 1 is 1.04 bits per heavy atom. The lowest BCUT2D eigenvalue weighted by atomic mass is 9.95. The van der Waals surface area contributed by atoms with Crippen LogP contribution >= 0.6 is 11.6 Å². The fraction of sp³-hybridized carbons (Fsp3) is 0.174. The fourth-order valence-electron chi connectivity index (χ4n) is 3.88. The maximum absolute atomic E-state index is 10.5. The van der Waals surface area contributed by atoms with E-state index in [0.29, 0.717) is 10.6 Å². The molecular weight excluding hydrogens is 372 g/mol. The van der Waals surface area contributed by atoms with Crippen molar-refractivity contribution in [1.29, 1.82) is 0 Å². The molecule has 0 fully saturated rings. The molecule has 28 heavy (non-hydrogen) atoms. The largest absolute Gasteiger partial charge is 0.507 e. The normalized spacial score (nSPS) is 20.2. The van der Waals surface area contributed by atoms with E-state index in [1.54, 1.807) is 18.2 Å². The van der Waals surface area contributed by atoms with Gasteiger partial charge in [0.1, 0.15) is 11.5 Å². The molecule has 2 atom stereocenters. The molecule has 0 bridgehead atoms. The minimum Gasteiger partial charge on any atom is -0.507 e. The van der Waals surface area contributed by atoms with Gasteiger partial charge in [-0.3, -0.25) is 0 Å². The molecule has 3 aromatic rings. The number of halogens is 1. The van der Waals surface area contributed by atoms with E-state index < -0.39 is 6.23 Å². The molecule has 2 unspecified atom stereocenters. The fourth-order valence-corrected chi connectivity index (χ4v) is 4.06. The summed E-state index contributed by atoms with van der Waals surface area (Å²) in [5, 5.41) is 17.9. The average Bonchev–Trinajstić information content (AvgIpc) is 3.15. The van der Waals surface area contributed by atoms with E-state index in [4.69, 9.17) is 21.4 Å². The predicted molar refractivity (Wildman–Crippen MR) is 110 cm³/mol. The van der Waals surface area contributed by atoms with Crippen molar-refractivity contribution in [3.8, 4) is 11.5 Å². The third-order valence-corrected chi connectivity index (χ3v) is 5.57. The maximum atomic E-state index is 10.5. The molecule has 0 aromatic heterocycles. The number of ether oxygens (including phenoxy) is 1. The van der Waals surface area contributed by atoms with E-state index in [1.165, 1.54) is 5.56 Å². The van der Waals surface area contributed by atoms with Crippen LogP contribution in [0, 0.1) is 6.92 Å². The monoisotopic (exact) mass is 390 g/mol. The van der Waals surface area contributed by atoms with Crippen LogP contribution in [-0.4, -0.2) is 15.8 Å². The van der Waals surface area contributed by atoms with Gasteiger partial charge in [0.2, 0.25) is 6.23 Å². The van der Waals surface area contributed by atoms with Crippen LogP contribution in [0.5, 0.6) is 11.5 Å². The van der Waals surface area contributed by atoms with Crippen LogP contribution < -0.4 is 4.74 Å². The molecule has 2 heterocycles. The Labute approximate surface area is 168 Å². The highest BCUT2D eigenvalue weighted by Gasteiger charge is 2.41. The van der Waals surface area contributed by atoms with Crippen LogP contribution in [0.25, 0.3) is 0 Å². The lowest BCUT2D eigenvalue weighted by molar-refractivity contribution is -0.0203. The molecule has 2 aliphatic heterocycles. The zero-order valence-electron chi connectivity index (χ0n) is 15.3. The van der Waals surface area contributed by atoms with Crippen LogP contribution in [-0.2, 0) is 0 Å². The number of benzene rings is 3. The third-order valence-electron chi connectivity index (χ3n) is 5.34. The van der Waals surface area contributed by atoms with E-state index in [9.17, 15) is 5.11 Å². The van der Waals surface area contributed by atoms with Gasteiger partial charge in [0, 0.05) is 17.0 Å². The topological polar surface area (TPSA) is 45.1 Å². The van der Waals surface area contributed by atoms with E-state index in [0.717, 1.165) is 29.0 Å². The van der Waals surface area contributed by atoms with Crippen molar-refractivity contribution in [3.05, 3.63) is 94.0 Å². The van der Waals surface area contributed by atoms with Gasteiger partial charge in [-0.2, -0.15) is 5.10 Å². The Kier molecular flexibility index (Phi) is 4.02. The highest BCUT2D eigenvalue weighted by Crippen LogP contribution is 2.48. The third kappa shape index (κ3) is 2.81. The number of aryl methyl sites for hydroxylation is 1. The van der Waals surface area contributed by atoms with Gasteiger partial charge in [-0.05, 0) is 36.8 Å². The summed E-state index contributed by atoms with van der Waals surface area (Å²) in [6, 6.07) is 21.5. The van der Waals surface area contributed by atoms with Gasteiger partial charge in [0.15, 0.2) is 0 Å². The van der Waals surface area contributed by atoms with Crippen molar-refractivity contribution in [2.45, 2.75) is 25.6 Å². The van der Waals surface area contributed by atoms with Gasteiger partial charge in [0.25, 0.3) is 0 Å². The Balaban J connectivity index is 1.62. The Bertz CT molecular complexity index is 1080. The number of phenolic OH excluding ortho intramolecular Hbond substituents is 1. The van der Waals surface area contributed by atoms with Crippen molar-refractivity contribution >= 4 is 17.3 Å². The van der Waals surface area contributed by atoms with E-state index >= 15 is 0 Å². The van der Waals surface area contributed by atoms with Gasteiger partial charge in [0.05, 0.1) is 17.3 Å². The molecule has 0 saturated heterocycles. The molecule has 0 radical (unpaired) electrons. The van der Waals surface area contributed by atoms with Crippen LogP contribution in [0.3, 0.4) is 0 Å². The highest BCUT2D eigenvalue weighted by atomic mass is 35.5. The first-order chi connectivity index (χ1) is 13.6. The lowest BCUT2D eigenvalue weighted by Gasteiger charge is -2.38. The summed E-state index contributed by atoms with van der Waals surface area (Å²) in [5.41, 5.74) is 5.05. The van der Waals surface area contributed by atoms with Gasteiger partial charge >= 0.3 is 0 Å². The van der Waals surface area contributed by atoms with Crippen molar-refractivity contribution in [2.24, 2.45) is 5.10 Å². The van der Waals surface area contributed by atoms with Gasteiger partial charge in [-0.25, -0.2) is 5.01 Å². The first-order valence-electron chi connectivity index (χ1n) is 9.27. The predicted octanol–water partition coefficient (Wildman–Crippen LogP) is 5.60. The number of rotatable bonds is 2. The van der Waals surface area contributed by atoms with Gasteiger partial charge in [-0.1, -0.05) is 59.6 Å². The summed E-state index contributed by atoms with van der Waals surface area (Å²) in [6.07, 6.45) is 0.239. The molecule has 5 rings (SSSR count). The van der Waals surface area contributed by atoms with E-state index in [2.05, 4.69) is 37.3 Å². The minimum atomic E-state index is -0.540. The van der Waals surface area contributed by atoms with Crippen LogP contribution in [0.4, 0.5) is 0 Å². The number of hydrazone groups is 1. The highest BCUT2D eigenvalue weighted by molar-refractivity contribution is 6.30. The average molecular weight is 391 g/mol. The molecule has 140 valence electrons. The van der Waals surface area contributed by atoms with Crippen LogP contribution in [0.1, 0.15) is 40.9 Å². The van der Waals surface area contributed by atoms with Crippen molar-refractivity contribution in [3.63, 3.8) is 0 Å². The van der Waals surface area contributed by atoms with Crippen molar-refractivity contribution < 1.29 is 9.84 Å². The first-order valence-corrected chi connectivity index (χ1v) is 9.65. The second-order valence-corrected chi connectivity index (χ2v) is 7.66.